The molecule has 0 aliphatic heterocycles. The maximum atomic E-state index is 11.1. The van der Waals surface area contributed by atoms with Gasteiger partial charge in [-0.25, -0.2) is 0 Å². The van der Waals surface area contributed by atoms with E-state index in [0.717, 1.165) is 0 Å². The Morgan fingerprint density at radius 3 is 2.73 bits per heavy atom. The molecular formula is C7H12N3O+. The van der Waals surface area contributed by atoms with E-state index < -0.39 is 0 Å². The van der Waals surface area contributed by atoms with E-state index >= 15 is 0 Å². The summed E-state index contributed by atoms with van der Waals surface area (Å²) in [5.41, 5.74) is 5.19. The van der Waals surface area contributed by atoms with Crippen molar-refractivity contribution in [1.29, 1.82) is 0 Å². The van der Waals surface area contributed by atoms with Crippen LogP contribution in [0, 0.1) is 0 Å². The zero-order chi connectivity index (χ0) is 8.43. The topological polar surface area (TPSA) is 62.8 Å². The highest BCUT2D eigenvalue weighted by Crippen LogP contribution is 1.89. The second kappa shape index (κ2) is 2.74. The Morgan fingerprint density at radius 1 is 1.64 bits per heavy atom. The van der Waals surface area contributed by atoms with Crippen LogP contribution in [-0.2, 0) is 0 Å². The second-order valence-electron chi connectivity index (χ2n) is 2.70. The van der Waals surface area contributed by atoms with Gasteiger partial charge < -0.3 is 5.73 Å². The average Bonchev–Trinajstić information content (AvgIpc) is 1.85. The van der Waals surface area contributed by atoms with E-state index in [9.17, 15) is 4.79 Å². The zero-order valence-corrected chi connectivity index (χ0v) is 6.66. The molecule has 1 rings (SSSR count). The highest BCUT2D eigenvalue weighted by Gasteiger charge is 2.07. The van der Waals surface area contributed by atoms with Gasteiger partial charge in [-0.05, 0) is 13.8 Å². The van der Waals surface area contributed by atoms with Gasteiger partial charge in [-0.3, -0.25) is 0 Å². The molecule has 0 fully saturated rings. The number of aromatic amines is 1. The van der Waals surface area contributed by atoms with E-state index in [1.807, 2.05) is 13.8 Å². The number of anilines is 1. The van der Waals surface area contributed by atoms with Crippen molar-refractivity contribution in [1.82, 2.24) is 4.98 Å². The third-order valence-corrected chi connectivity index (χ3v) is 1.46. The molecule has 0 aliphatic rings. The quantitative estimate of drug-likeness (QED) is 0.551. The summed E-state index contributed by atoms with van der Waals surface area (Å²) in [4.78, 5) is 13.6. The minimum atomic E-state index is -0.167. The Hall–Kier alpha value is -1.32. The van der Waals surface area contributed by atoms with E-state index in [1.54, 1.807) is 16.8 Å². The van der Waals surface area contributed by atoms with E-state index in [1.165, 1.54) is 0 Å². The van der Waals surface area contributed by atoms with Crippen molar-refractivity contribution in [3.05, 3.63) is 22.7 Å². The van der Waals surface area contributed by atoms with Crippen molar-refractivity contribution >= 4 is 5.82 Å². The predicted octanol–water partition coefficient (Wildman–Crippen LogP) is -0.174. The Balaban J connectivity index is 3.21. The van der Waals surface area contributed by atoms with Crippen LogP contribution >= 0.6 is 0 Å². The maximum absolute atomic E-state index is 11.1. The fourth-order valence-electron chi connectivity index (χ4n) is 0.865. The predicted molar refractivity (Wildman–Crippen MR) is 42.1 cm³/mol. The van der Waals surface area contributed by atoms with Crippen molar-refractivity contribution in [2.24, 2.45) is 0 Å². The first-order valence-electron chi connectivity index (χ1n) is 3.51. The lowest BCUT2D eigenvalue weighted by atomic mass is 10.4. The molecule has 0 radical (unpaired) electrons. The number of hydrogen-bond donors (Lipinski definition) is 2. The number of nitrogens with one attached hydrogen (secondary N) is 1. The summed E-state index contributed by atoms with van der Waals surface area (Å²) in [6.07, 6.45) is 1.68. The summed E-state index contributed by atoms with van der Waals surface area (Å²) < 4.78 is 1.58. The maximum Gasteiger partial charge on any atom is 0.497 e. The third-order valence-electron chi connectivity index (χ3n) is 1.46. The summed E-state index contributed by atoms with van der Waals surface area (Å²) in [6.45, 7) is 3.87. The fourth-order valence-corrected chi connectivity index (χ4v) is 0.865. The molecule has 0 bridgehead atoms. The first-order chi connectivity index (χ1) is 5.11. The molecule has 0 aromatic carbocycles. The van der Waals surface area contributed by atoms with Crippen LogP contribution in [-0.4, -0.2) is 4.98 Å². The highest BCUT2D eigenvalue weighted by atomic mass is 16.1. The van der Waals surface area contributed by atoms with Crippen LogP contribution in [0.4, 0.5) is 5.82 Å². The number of aromatic nitrogens is 2. The van der Waals surface area contributed by atoms with E-state index in [2.05, 4.69) is 4.98 Å². The fraction of sp³-hybridized carbons (Fsp3) is 0.429. The van der Waals surface area contributed by atoms with Crippen molar-refractivity contribution in [3.63, 3.8) is 0 Å². The molecular weight excluding hydrogens is 142 g/mol. The van der Waals surface area contributed by atoms with Gasteiger partial charge in [0.1, 0.15) is 6.20 Å². The average molecular weight is 154 g/mol. The Kier molecular flexibility index (Phi) is 1.94. The summed E-state index contributed by atoms with van der Waals surface area (Å²) >= 11 is 0. The van der Waals surface area contributed by atoms with Gasteiger partial charge in [-0.2, -0.15) is 14.3 Å². The molecule has 0 saturated carbocycles. The molecule has 1 aromatic heterocycles. The number of hydrogen-bond acceptors (Lipinski definition) is 2. The molecule has 0 saturated heterocycles. The van der Waals surface area contributed by atoms with Gasteiger partial charge in [-0.15, -0.1) is 0 Å². The number of H-pyrrole nitrogens is 1. The van der Waals surface area contributed by atoms with Gasteiger partial charge in [-0.1, -0.05) is 0 Å². The first kappa shape index (κ1) is 7.78. The van der Waals surface area contributed by atoms with Gasteiger partial charge in [0.15, 0.2) is 5.82 Å². The first-order valence-corrected chi connectivity index (χ1v) is 3.51. The minimum Gasteiger partial charge on any atom is -0.366 e. The number of rotatable bonds is 1. The number of nitrogen functional groups attached to an aromatic ring is 1. The van der Waals surface area contributed by atoms with Gasteiger partial charge in [0.2, 0.25) is 0 Å². The number of nitrogens with two attached hydrogens (primary N) is 1. The lowest BCUT2D eigenvalue weighted by molar-refractivity contribution is -0.732. The minimum absolute atomic E-state index is 0.166. The van der Waals surface area contributed by atoms with Crippen LogP contribution in [0.25, 0.3) is 0 Å². The molecule has 11 heavy (non-hydrogen) atoms. The molecule has 4 heteroatoms. The monoisotopic (exact) mass is 154 g/mol. The van der Waals surface area contributed by atoms with Crippen LogP contribution in [0.2, 0.25) is 0 Å². The molecule has 4 nitrogen and oxygen atoms in total. The molecule has 1 aromatic rings. The molecule has 0 amide bonds. The molecule has 1 heterocycles. The SMILES string of the molecule is CC(C)[n+]1ccc(N)[nH]c1=O. The Morgan fingerprint density at radius 2 is 2.27 bits per heavy atom. The molecule has 0 aliphatic carbocycles. The summed E-state index contributed by atoms with van der Waals surface area (Å²) in [6, 6.07) is 1.83. The largest absolute Gasteiger partial charge is 0.497 e. The van der Waals surface area contributed by atoms with Gasteiger partial charge >= 0.3 is 5.69 Å². The third kappa shape index (κ3) is 1.58. The summed E-state index contributed by atoms with van der Waals surface area (Å²) in [5, 5.41) is 0. The van der Waals surface area contributed by atoms with Crippen molar-refractivity contribution in [2.45, 2.75) is 19.9 Å². The van der Waals surface area contributed by atoms with Gasteiger partial charge in [0, 0.05) is 6.07 Å². The van der Waals surface area contributed by atoms with Crippen molar-refractivity contribution in [3.8, 4) is 0 Å². The van der Waals surface area contributed by atoms with Crippen LogP contribution < -0.4 is 16.0 Å². The van der Waals surface area contributed by atoms with Crippen molar-refractivity contribution < 1.29 is 4.57 Å². The smallest absolute Gasteiger partial charge is 0.366 e. The highest BCUT2D eigenvalue weighted by molar-refractivity contribution is 5.21. The summed E-state index contributed by atoms with van der Waals surface area (Å²) in [5.74, 6) is 0.395. The standard InChI is InChI=1S/C7H11N3O/c1-5(2)10-4-3-6(8)9-7(10)11/h3-5H,1-2H3,(H2,8,9,11)/p+1. The van der Waals surface area contributed by atoms with E-state index in [0.29, 0.717) is 5.82 Å². The van der Waals surface area contributed by atoms with Crippen LogP contribution in [0.1, 0.15) is 19.9 Å². The van der Waals surface area contributed by atoms with E-state index in [4.69, 9.17) is 5.73 Å². The zero-order valence-electron chi connectivity index (χ0n) is 6.66. The van der Waals surface area contributed by atoms with Gasteiger partial charge in [0.05, 0.1) is 6.04 Å². The van der Waals surface area contributed by atoms with Crippen LogP contribution in [0.15, 0.2) is 17.1 Å². The molecule has 0 atom stereocenters. The number of nitrogens with zero attached hydrogens (tertiary/aromatic N) is 1. The molecule has 3 N–H and O–H groups in total. The van der Waals surface area contributed by atoms with E-state index in [-0.39, 0.29) is 11.7 Å². The van der Waals surface area contributed by atoms with Crippen LogP contribution in [0.3, 0.4) is 0 Å². The Bertz CT molecular complexity index is 303. The molecule has 0 spiro atoms. The van der Waals surface area contributed by atoms with Crippen molar-refractivity contribution in [2.75, 3.05) is 5.73 Å². The van der Waals surface area contributed by atoms with Crippen LogP contribution in [0.5, 0.6) is 0 Å². The molecule has 60 valence electrons. The molecule has 0 unspecified atom stereocenters. The Labute approximate surface area is 64.7 Å². The lowest BCUT2D eigenvalue weighted by Gasteiger charge is -1.99. The lowest BCUT2D eigenvalue weighted by Crippen LogP contribution is -2.52. The second-order valence-corrected chi connectivity index (χ2v) is 2.70. The normalized spacial score (nSPS) is 10.5. The van der Waals surface area contributed by atoms with Gasteiger partial charge in [0.25, 0.3) is 0 Å². The summed E-state index contributed by atoms with van der Waals surface area (Å²) in [7, 11) is 0.